The highest BCUT2D eigenvalue weighted by molar-refractivity contribution is 5.92. The third kappa shape index (κ3) is 4.31. The van der Waals surface area contributed by atoms with Gasteiger partial charge in [0, 0.05) is 20.1 Å². The Morgan fingerprint density at radius 2 is 2.11 bits per heavy atom. The van der Waals surface area contributed by atoms with Crippen molar-refractivity contribution in [2.24, 2.45) is 5.92 Å². The summed E-state index contributed by atoms with van der Waals surface area (Å²) in [6.07, 6.45) is 1.03. The second kappa shape index (κ2) is 6.93. The van der Waals surface area contributed by atoms with E-state index in [-0.39, 0.29) is 5.91 Å². The normalized spacial score (nSPS) is 10.5. The van der Waals surface area contributed by atoms with E-state index >= 15 is 0 Å². The lowest BCUT2D eigenvalue weighted by Crippen LogP contribution is -2.31. The van der Waals surface area contributed by atoms with Gasteiger partial charge in [-0.3, -0.25) is 4.79 Å². The van der Waals surface area contributed by atoms with Crippen LogP contribution < -0.4 is 5.32 Å². The maximum atomic E-state index is 12.0. The van der Waals surface area contributed by atoms with Gasteiger partial charge in [0.05, 0.1) is 0 Å². The van der Waals surface area contributed by atoms with Crippen LogP contribution in [0.15, 0.2) is 12.1 Å². The Morgan fingerprint density at radius 3 is 2.61 bits per heavy atom. The number of hydrogen-bond donors (Lipinski definition) is 1. The minimum Gasteiger partial charge on any atom is -0.369 e. The average molecular weight is 250 g/mol. The SMILES string of the molecule is CCCNc1ccc(C(=O)N(C)CC(C)C)nn1. The molecule has 5 nitrogen and oxygen atoms in total. The first-order chi connectivity index (χ1) is 8.54. The highest BCUT2D eigenvalue weighted by Crippen LogP contribution is 2.06. The third-order valence-corrected chi connectivity index (χ3v) is 2.43. The molecular weight excluding hydrogens is 228 g/mol. The van der Waals surface area contributed by atoms with Crippen LogP contribution in [0.5, 0.6) is 0 Å². The minimum atomic E-state index is -0.0850. The molecule has 0 saturated carbocycles. The molecule has 1 aromatic rings. The van der Waals surface area contributed by atoms with Gasteiger partial charge in [0.15, 0.2) is 5.69 Å². The lowest BCUT2D eigenvalue weighted by molar-refractivity contribution is 0.0772. The Labute approximate surface area is 109 Å². The summed E-state index contributed by atoms with van der Waals surface area (Å²) >= 11 is 0. The maximum absolute atomic E-state index is 12.0. The van der Waals surface area contributed by atoms with E-state index in [2.05, 4.69) is 36.3 Å². The third-order valence-electron chi connectivity index (χ3n) is 2.43. The number of rotatable bonds is 6. The Bertz CT molecular complexity index is 375. The number of nitrogens with zero attached hydrogens (tertiary/aromatic N) is 3. The molecule has 0 aliphatic heterocycles. The van der Waals surface area contributed by atoms with Crippen molar-refractivity contribution < 1.29 is 4.79 Å². The minimum absolute atomic E-state index is 0.0850. The van der Waals surface area contributed by atoms with Crippen molar-refractivity contribution >= 4 is 11.7 Å². The zero-order valence-electron chi connectivity index (χ0n) is 11.6. The second-order valence-electron chi connectivity index (χ2n) is 4.81. The highest BCUT2D eigenvalue weighted by atomic mass is 16.2. The predicted molar refractivity (Wildman–Crippen MR) is 72.6 cm³/mol. The zero-order valence-corrected chi connectivity index (χ0v) is 11.6. The van der Waals surface area contributed by atoms with Crippen LogP contribution in [-0.4, -0.2) is 41.1 Å². The lowest BCUT2D eigenvalue weighted by Gasteiger charge is -2.18. The smallest absolute Gasteiger partial charge is 0.274 e. The Balaban J connectivity index is 2.63. The summed E-state index contributed by atoms with van der Waals surface area (Å²) in [6, 6.07) is 3.50. The van der Waals surface area contributed by atoms with Crippen molar-refractivity contribution in [3.63, 3.8) is 0 Å². The summed E-state index contributed by atoms with van der Waals surface area (Å²) in [4.78, 5) is 13.7. The maximum Gasteiger partial charge on any atom is 0.274 e. The first-order valence-corrected chi connectivity index (χ1v) is 6.37. The summed E-state index contributed by atoms with van der Waals surface area (Å²) in [6.45, 7) is 7.81. The van der Waals surface area contributed by atoms with Gasteiger partial charge in [-0.15, -0.1) is 10.2 Å². The molecule has 0 radical (unpaired) electrons. The summed E-state index contributed by atoms with van der Waals surface area (Å²) in [7, 11) is 1.78. The molecule has 18 heavy (non-hydrogen) atoms. The van der Waals surface area contributed by atoms with Crippen molar-refractivity contribution in [3.05, 3.63) is 17.8 Å². The molecular formula is C13H22N4O. The van der Waals surface area contributed by atoms with E-state index in [1.807, 2.05) is 0 Å². The van der Waals surface area contributed by atoms with E-state index in [4.69, 9.17) is 0 Å². The molecule has 1 amide bonds. The molecule has 1 N–H and O–H groups in total. The van der Waals surface area contributed by atoms with Gasteiger partial charge in [0.25, 0.3) is 5.91 Å². The van der Waals surface area contributed by atoms with Crippen molar-refractivity contribution in [2.45, 2.75) is 27.2 Å². The molecule has 0 aliphatic rings. The van der Waals surface area contributed by atoms with Crippen molar-refractivity contribution in [3.8, 4) is 0 Å². The molecule has 1 heterocycles. The van der Waals surface area contributed by atoms with E-state index in [0.29, 0.717) is 17.4 Å². The van der Waals surface area contributed by atoms with E-state index < -0.39 is 0 Å². The largest absolute Gasteiger partial charge is 0.369 e. The Morgan fingerprint density at radius 1 is 1.39 bits per heavy atom. The van der Waals surface area contributed by atoms with E-state index in [1.165, 1.54) is 0 Å². The summed E-state index contributed by atoms with van der Waals surface area (Å²) < 4.78 is 0. The average Bonchev–Trinajstić information content (AvgIpc) is 2.35. The number of anilines is 1. The molecule has 0 saturated heterocycles. The second-order valence-corrected chi connectivity index (χ2v) is 4.81. The monoisotopic (exact) mass is 250 g/mol. The van der Waals surface area contributed by atoms with Crippen LogP contribution in [0, 0.1) is 5.92 Å². The quantitative estimate of drug-likeness (QED) is 0.839. The highest BCUT2D eigenvalue weighted by Gasteiger charge is 2.14. The van der Waals surface area contributed by atoms with Gasteiger partial charge in [-0.25, -0.2) is 0 Å². The molecule has 100 valence electrons. The molecule has 0 aromatic carbocycles. The number of carbonyl (C=O) groups excluding carboxylic acids is 1. The van der Waals surface area contributed by atoms with Crippen molar-refractivity contribution in [2.75, 3.05) is 25.5 Å². The number of aromatic nitrogens is 2. The van der Waals surface area contributed by atoms with Gasteiger partial charge < -0.3 is 10.2 Å². The van der Waals surface area contributed by atoms with Crippen LogP contribution in [-0.2, 0) is 0 Å². The van der Waals surface area contributed by atoms with Crippen molar-refractivity contribution in [1.82, 2.24) is 15.1 Å². The van der Waals surface area contributed by atoms with Crippen LogP contribution >= 0.6 is 0 Å². The fourth-order valence-electron chi connectivity index (χ4n) is 1.62. The van der Waals surface area contributed by atoms with Crippen LogP contribution in [0.4, 0.5) is 5.82 Å². The van der Waals surface area contributed by atoms with Gasteiger partial charge in [-0.2, -0.15) is 0 Å². The number of hydrogen-bond acceptors (Lipinski definition) is 4. The van der Waals surface area contributed by atoms with Crippen LogP contribution in [0.25, 0.3) is 0 Å². The van der Waals surface area contributed by atoms with E-state index in [0.717, 1.165) is 19.5 Å². The molecule has 0 aliphatic carbocycles. The molecule has 0 bridgehead atoms. The first kappa shape index (κ1) is 14.4. The lowest BCUT2D eigenvalue weighted by atomic mass is 10.2. The van der Waals surface area contributed by atoms with Crippen molar-refractivity contribution in [1.29, 1.82) is 0 Å². The van der Waals surface area contributed by atoms with E-state index in [1.54, 1.807) is 24.1 Å². The fraction of sp³-hybridized carbons (Fsp3) is 0.615. The van der Waals surface area contributed by atoms with Gasteiger partial charge in [-0.1, -0.05) is 20.8 Å². The number of amides is 1. The molecule has 1 aromatic heterocycles. The van der Waals surface area contributed by atoms with Gasteiger partial charge in [0.2, 0.25) is 0 Å². The molecule has 0 unspecified atom stereocenters. The predicted octanol–water partition coefficient (Wildman–Crippen LogP) is 2.03. The standard InChI is InChI=1S/C13H22N4O/c1-5-8-14-12-7-6-11(15-16-12)13(18)17(4)9-10(2)3/h6-7,10H,5,8-9H2,1-4H3,(H,14,16). The van der Waals surface area contributed by atoms with Crippen LogP contribution in [0.1, 0.15) is 37.7 Å². The van der Waals surface area contributed by atoms with Gasteiger partial charge >= 0.3 is 0 Å². The Kier molecular flexibility index (Phi) is 5.55. The Hall–Kier alpha value is -1.65. The van der Waals surface area contributed by atoms with Gasteiger partial charge in [-0.05, 0) is 24.5 Å². The molecule has 1 rings (SSSR count). The van der Waals surface area contributed by atoms with Crippen LogP contribution in [0.2, 0.25) is 0 Å². The molecule has 0 fully saturated rings. The topological polar surface area (TPSA) is 58.1 Å². The summed E-state index contributed by atoms with van der Waals surface area (Å²) in [5.41, 5.74) is 0.389. The molecule has 0 atom stereocenters. The van der Waals surface area contributed by atoms with Gasteiger partial charge in [0.1, 0.15) is 5.82 Å². The summed E-state index contributed by atoms with van der Waals surface area (Å²) in [5, 5.41) is 11.1. The first-order valence-electron chi connectivity index (χ1n) is 6.37. The summed E-state index contributed by atoms with van der Waals surface area (Å²) in [5.74, 6) is 1.07. The van der Waals surface area contributed by atoms with E-state index in [9.17, 15) is 4.79 Å². The molecule has 0 spiro atoms. The molecule has 5 heteroatoms. The fourth-order valence-corrected chi connectivity index (χ4v) is 1.62. The zero-order chi connectivity index (χ0) is 13.5. The van der Waals surface area contributed by atoms with Crippen LogP contribution in [0.3, 0.4) is 0 Å². The number of nitrogens with one attached hydrogen (secondary N) is 1. The number of carbonyl (C=O) groups is 1.